The van der Waals surface area contributed by atoms with Gasteiger partial charge >= 0.3 is 0 Å². The first kappa shape index (κ1) is 17.1. The maximum Gasteiger partial charge on any atom is 0.189 e. The standard InChI is InChI=1S/C15H25N3O3/c1-15(2,21-5)10-18-14(16)17-9-11-6-7-12(19-3)13(8-11)20-4/h6-8H,9-10H2,1-5H3,(H3,16,17,18). The van der Waals surface area contributed by atoms with Crippen molar-refractivity contribution in [2.24, 2.45) is 10.7 Å². The van der Waals surface area contributed by atoms with E-state index in [9.17, 15) is 0 Å². The fourth-order valence-electron chi connectivity index (χ4n) is 1.59. The molecule has 1 aromatic carbocycles. The summed E-state index contributed by atoms with van der Waals surface area (Å²) in [5.74, 6) is 1.75. The summed E-state index contributed by atoms with van der Waals surface area (Å²) in [7, 11) is 4.88. The molecular weight excluding hydrogens is 270 g/mol. The lowest BCUT2D eigenvalue weighted by Crippen LogP contribution is -2.43. The van der Waals surface area contributed by atoms with Gasteiger partial charge in [0.1, 0.15) is 0 Å². The lowest BCUT2D eigenvalue weighted by molar-refractivity contribution is 0.0269. The molecule has 0 unspecified atom stereocenters. The van der Waals surface area contributed by atoms with E-state index in [0.29, 0.717) is 30.5 Å². The molecule has 0 aromatic heterocycles. The molecule has 6 nitrogen and oxygen atoms in total. The molecule has 118 valence electrons. The van der Waals surface area contributed by atoms with Crippen molar-refractivity contribution in [2.45, 2.75) is 26.0 Å². The second kappa shape index (κ2) is 7.73. The molecule has 0 saturated heterocycles. The highest BCUT2D eigenvalue weighted by molar-refractivity contribution is 5.77. The molecule has 1 aromatic rings. The maximum atomic E-state index is 5.84. The van der Waals surface area contributed by atoms with E-state index in [4.69, 9.17) is 19.9 Å². The van der Waals surface area contributed by atoms with Crippen LogP contribution in [-0.4, -0.2) is 39.4 Å². The molecule has 3 N–H and O–H groups in total. The zero-order valence-electron chi connectivity index (χ0n) is 13.4. The van der Waals surface area contributed by atoms with Crippen LogP contribution in [0.3, 0.4) is 0 Å². The first-order valence-corrected chi connectivity index (χ1v) is 6.71. The van der Waals surface area contributed by atoms with Gasteiger partial charge in [0.2, 0.25) is 0 Å². The minimum absolute atomic E-state index is 0.288. The summed E-state index contributed by atoms with van der Waals surface area (Å²) in [6.45, 7) is 5.00. The smallest absolute Gasteiger partial charge is 0.189 e. The number of hydrogen-bond acceptors (Lipinski definition) is 4. The number of nitrogens with zero attached hydrogens (tertiary/aromatic N) is 1. The Morgan fingerprint density at radius 2 is 1.86 bits per heavy atom. The summed E-state index contributed by atoms with van der Waals surface area (Å²) < 4.78 is 15.8. The normalized spacial score (nSPS) is 12.1. The van der Waals surface area contributed by atoms with Gasteiger partial charge in [-0.1, -0.05) is 6.07 Å². The van der Waals surface area contributed by atoms with Crippen LogP contribution in [0.25, 0.3) is 0 Å². The van der Waals surface area contributed by atoms with Crippen molar-refractivity contribution in [1.82, 2.24) is 5.32 Å². The van der Waals surface area contributed by atoms with E-state index >= 15 is 0 Å². The van der Waals surface area contributed by atoms with Crippen molar-refractivity contribution < 1.29 is 14.2 Å². The van der Waals surface area contributed by atoms with E-state index in [1.54, 1.807) is 21.3 Å². The van der Waals surface area contributed by atoms with Crippen LogP contribution in [0.1, 0.15) is 19.4 Å². The molecule has 0 amide bonds. The van der Waals surface area contributed by atoms with Gasteiger partial charge in [0.25, 0.3) is 0 Å². The summed E-state index contributed by atoms with van der Waals surface area (Å²) in [6, 6.07) is 5.66. The lowest BCUT2D eigenvalue weighted by atomic mass is 10.1. The molecule has 1 rings (SSSR count). The lowest BCUT2D eigenvalue weighted by Gasteiger charge is -2.23. The summed E-state index contributed by atoms with van der Waals surface area (Å²) in [6.07, 6.45) is 0. The van der Waals surface area contributed by atoms with Crippen LogP contribution in [0.15, 0.2) is 23.2 Å². The predicted octanol–water partition coefficient (Wildman–Crippen LogP) is 1.53. The summed E-state index contributed by atoms with van der Waals surface area (Å²) >= 11 is 0. The van der Waals surface area contributed by atoms with Crippen LogP contribution in [0, 0.1) is 0 Å². The number of nitrogens with two attached hydrogens (primary N) is 1. The first-order valence-electron chi connectivity index (χ1n) is 6.71. The highest BCUT2D eigenvalue weighted by Gasteiger charge is 2.15. The third-order valence-corrected chi connectivity index (χ3v) is 3.13. The Labute approximate surface area is 126 Å². The second-order valence-corrected chi connectivity index (χ2v) is 5.21. The van der Waals surface area contributed by atoms with Crippen molar-refractivity contribution >= 4 is 5.96 Å². The number of hydrogen-bond donors (Lipinski definition) is 2. The van der Waals surface area contributed by atoms with Gasteiger partial charge in [-0.05, 0) is 31.5 Å². The second-order valence-electron chi connectivity index (χ2n) is 5.21. The molecule has 0 radical (unpaired) electrons. The Bertz CT molecular complexity index is 487. The molecule has 0 fully saturated rings. The Hall–Kier alpha value is -1.95. The third kappa shape index (κ3) is 5.51. The predicted molar refractivity (Wildman–Crippen MR) is 84.0 cm³/mol. The van der Waals surface area contributed by atoms with Gasteiger partial charge in [-0.2, -0.15) is 0 Å². The van der Waals surface area contributed by atoms with E-state index in [0.717, 1.165) is 5.56 Å². The Morgan fingerprint density at radius 3 is 2.43 bits per heavy atom. The van der Waals surface area contributed by atoms with Crippen molar-refractivity contribution in [3.05, 3.63) is 23.8 Å². The highest BCUT2D eigenvalue weighted by atomic mass is 16.5. The number of rotatable bonds is 7. The average molecular weight is 295 g/mol. The Kier molecular flexibility index (Phi) is 6.30. The zero-order valence-corrected chi connectivity index (χ0v) is 13.4. The van der Waals surface area contributed by atoms with Crippen molar-refractivity contribution in [2.75, 3.05) is 27.9 Å². The number of ether oxygens (including phenoxy) is 3. The van der Waals surface area contributed by atoms with E-state index in [1.165, 1.54) is 0 Å². The van der Waals surface area contributed by atoms with Crippen LogP contribution in [0.4, 0.5) is 0 Å². The molecule has 0 aliphatic heterocycles. The topological polar surface area (TPSA) is 78.1 Å². The number of aliphatic imine (C=N–C) groups is 1. The van der Waals surface area contributed by atoms with Gasteiger partial charge in [-0.25, -0.2) is 4.99 Å². The maximum absolute atomic E-state index is 5.84. The van der Waals surface area contributed by atoms with Gasteiger partial charge in [-0.3, -0.25) is 0 Å². The van der Waals surface area contributed by atoms with Gasteiger partial charge in [0.05, 0.1) is 26.4 Å². The van der Waals surface area contributed by atoms with Crippen molar-refractivity contribution in [3.8, 4) is 11.5 Å². The van der Waals surface area contributed by atoms with Crippen molar-refractivity contribution in [3.63, 3.8) is 0 Å². The third-order valence-electron chi connectivity index (χ3n) is 3.13. The summed E-state index contributed by atoms with van der Waals surface area (Å²) in [5, 5.41) is 3.04. The molecule has 21 heavy (non-hydrogen) atoms. The monoisotopic (exact) mass is 295 g/mol. The van der Waals surface area contributed by atoms with Crippen molar-refractivity contribution in [1.29, 1.82) is 0 Å². The molecule has 6 heteroatoms. The number of methoxy groups -OCH3 is 3. The van der Waals surface area contributed by atoms with Crippen LogP contribution in [0.5, 0.6) is 11.5 Å². The fraction of sp³-hybridized carbons (Fsp3) is 0.533. The molecule has 0 atom stereocenters. The average Bonchev–Trinajstić information content (AvgIpc) is 2.50. The SMILES string of the molecule is COc1ccc(CN=C(N)NCC(C)(C)OC)cc1OC. The van der Waals surface area contributed by atoms with E-state index in [-0.39, 0.29) is 5.60 Å². The number of benzene rings is 1. The fourth-order valence-corrected chi connectivity index (χ4v) is 1.59. The first-order chi connectivity index (χ1) is 9.91. The molecule has 0 bridgehead atoms. The van der Waals surface area contributed by atoms with Gasteiger partial charge in [0, 0.05) is 13.7 Å². The molecule has 0 aliphatic rings. The van der Waals surface area contributed by atoms with Crippen LogP contribution >= 0.6 is 0 Å². The van der Waals surface area contributed by atoms with E-state index in [2.05, 4.69) is 10.3 Å². The Balaban J connectivity index is 2.63. The van der Waals surface area contributed by atoms with Gasteiger partial charge < -0.3 is 25.3 Å². The van der Waals surface area contributed by atoms with E-state index in [1.807, 2.05) is 32.0 Å². The number of guanidine groups is 1. The van der Waals surface area contributed by atoms with E-state index < -0.39 is 0 Å². The van der Waals surface area contributed by atoms with Crippen LogP contribution in [-0.2, 0) is 11.3 Å². The zero-order chi connectivity index (χ0) is 15.9. The molecule has 0 aliphatic carbocycles. The summed E-state index contributed by atoms with van der Waals surface area (Å²) in [5.41, 5.74) is 6.54. The molecular formula is C15H25N3O3. The minimum Gasteiger partial charge on any atom is -0.493 e. The largest absolute Gasteiger partial charge is 0.493 e. The van der Waals surface area contributed by atoms with Crippen LogP contribution < -0.4 is 20.5 Å². The Morgan fingerprint density at radius 1 is 1.19 bits per heavy atom. The minimum atomic E-state index is -0.288. The van der Waals surface area contributed by atoms with Gasteiger partial charge in [-0.15, -0.1) is 0 Å². The molecule has 0 spiro atoms. The van der Waals surface area contributed by atoms with Crippen LogP contribution in [0.2, 0.25) is 0 Å². The van der Waals surface area contributed by atoms with Gasteiger partial charge in [0.15, 0.2) is 17.5 Å². The number of nitrogens with one attached hydrogen (secondary N) is 1. The molecule has 0 heterocycles. The highest BCUT2D eigenvalue weighted by Crippen LogP contribution is 2.27. The summed E-state index contributed by atoms with van der Waals surface area (Å²) in [4.78, 5) is 4.29. The quantitative estimate of drug-likeness (QED) is 0.589. The molecule has 0 saturated carbocycles.